The zero-order chi connectivity index (χ0) is 40.4. The van der Waals surface area contributed by atoms with Crippen molar-refractivity contribution in [1.82, 2.24) is 9.13 Å². The number of hydrogen-bond acceptors (Lipinski definition) is 2. The molecule has 1 radical (unpaired) electrons. The van der Waals surface area contributed by atoms with Crippen LogP contribution in [0.1, 0.15) is 77.7 Å². The molecule has 0 saturated heterocycles. The van der Waals surface area contributed by atoms with E-state index in [9.17, 15) is 4.39 Å². The molecule has 0 aliphatic rings. The van der Waals surface area contributed by atoms with Crippen LogP contribution in [0.15, 0.2) is 148 Å². The molecule has 0 spiro atoms. The number of halogens is 2. The van der Waals surface area contributed by atoms with Gasteiger partial charge in [-0.15, -0.1) is 0 Å². The molecule has 0 saturated carbocycles. The van der Waals surface area contributed by atoms with Crippen LogP contribution in [0.25, 0.3) is 55.0 Å². The van der Waals surface area contributed by atoms with Crippen molar-refractivity contribution in [1.29, 1.82) is 0 Å². The number of unbranched alkanes of at least 4 members (excludes halogenated alkanes) is 6. The summed E-state index contributed by atoms with van der Waals surface area (Å²) in [4.78, 5) is 0. The van der Waals surface area contributed by atoms with E-state index in [1.807, 2.05) is 0 Å². The van der Waals surface area contributed by atoms with Gasteiger partial charge in [0.05, 0.1) is 30.6 Å². The SMILES string of the molecule is CCCCCCc1ccc(-n2c3ccccc3c3cc(Br)ccc32)cc1.CCCCCCc1ccc(-n2c3ccccc3c3ccccc32)cc1.[2H]CF.[B]=NS. The average molecular weight is 827 g/mol. The van der Waals surface area contributed by atoms with Crippen LogP contribution in [0, 0.1) is 0 Å². The van der Waals surface area contributed by atoms with Gasteiger partial charge in [0.1, 0.15) is 0 Å². The number of aryl methyl sites for hydroxylation is 2. The summed E-state index contributed by atoms with van der Waals surface area (Å²) in [6.07, 6.45) is 12.9. The molecule has 3 nitrogen and oxygen atoms in total. The van der Waals surface area contributed by atoms with Crippen LogP contribution in [0.3, 0.4) is 0 Å². The molecule has 0 aliphatic heterocycles. The van der Waals surface area contributed by atoms with Crippen LogP contribution >= 0.6 is 28.7 Å². The Labute approximate surface area is 349 Å². The molecule has 7 heteroatoms. The Morgan fingerprint density at radius 2 is 0.911 bits per heavy atom. The summed E-state index contributed by atoms with van der Waals surface area (Å²) in [7, 11) is 3.34. The second-order valence-electron chi connectivity index (χ2n) is 14.0. The number of alkyl halides is 1. The summed E-state index contributed by atoms with van der Waals surface area (Å²) >= 11 is 6.81. The monoisotopic (exact) mass is 825 g/mol. The van der Waals surface area contributed by atoms with E-state index in [0.717, 1.165) is 4.47 Å². The van der Waals surface area contributed by atoms with E-state index in [4.69, 9.17) is 1.37 Å². The molecule has 0 fully saturated rings. The molecule has 0 unspecified atom stereocenters. The standard InChI is InChI=1S/C24H24BrN.C24H25N.CH3F.BHNS/c1-2-3-4-5-8-18-11-14-20(15-12-18)26-23-10-7-6-9-21(23)22-17-19(25)13-16-24(22)26;1-2-3-4-5-10-19-15-17-20(18-16-19)25-23-13-8-6-11-21(23)22-12-7-9-14-24(22)25;1-2;1-2-3/h6-7,9-17H,2-5,8H2,1H3;6-9,11-18H,2-5,10H2,1H3;1H3;3H/i;;1D;. The summed E-state index contributed by atoms with van der Waals surface area (Å²) < 4.78 is 24.1. The Hall–Kier alpha value is -4.46. The first-order valence-corrected chi connectivity index (χ1v) is 20.9. The summed E-state index contributed by atoms with van der Waals surface area (Å²) in [5, 5.41) is 5.23. The van der Waals surface area contributed by atoms with Gasteiger partial charge in [0.2, 0.25) is 0 Å². The van der Waals surface area contributed by atoms with Gasteiger partial charge in [-0.1, -0.05) is 147 Å². The number of para-hydroxylation sites is 3. The van der Waals surface area contributed by atoms with Gasteiger partial charge in [-0.25, -0.2) is 0 Å². The van der Waals surface area contributed by atoms with Crippen LogP contribution < -0.4 is 0 Å². The molecule has 0 atom stereocenters. The molecule has 0 bridgehead atoms. The van der Waals surface area contributed by atoms with E-state index in [-0.39, 0.29) is 0 Å². The van der Waals surface area contributed by atoms with Gasteiger partial charge in [0.25, 0.3) is 0 Å². The molecule has 287 valence electrons. The van der Waals surface area contributed by atoms with E-state index in [1.54, 1.807) is 0 Å². The predicted molar refractivity (Wildman–Crippen MR) is 249 cm³/mol. The van der Waals surface area contributed by atoms with Gasteiger partial charge < -0.3 is 9.13 Å². The molecule has 6 aromatic carbocycles. The number of aromatic nitrogens is 2. The van der Waals surface area contributed by atoms with Crippen molar-refractivity contribution in [2.24, 2.45) is 4.30 Å². The Balaban J connectivity index is 0.000000192. The first-order valence-electron chi connectivity index (χ1n) is 20.4. The number of nitrogens with zero attached hydrogens (tertiary/aromatic N) is 3. The number of fused-ring (bicyclic) bond motifs is 6. The van der Waals surface area contributed by atoms with Gasteiger partial charge in [-0.05, 0) is 97.5 Å². The third-order valence-corrected chi connectivity index (χ3v) is 10.7. The summed E-state index contributed by atoms with van der Waals surface area (Å²) in [5.74, 6) is 0. The molecule has 8 aromatic rings. The average Bonchev–Trinajstić information content (AvgIpc) is 3.75. The summed E-state index contributed by atoms with van der Waals surface area (Å²) in [5.41, 5.74) is 10.4. The first-order chi connectivity index (χ1) is 28.0. The van der Waals surface area contributed by atoms with Crippen molar-refractivity contribution in [3.63, 3.8) is 0 Å². The Kier molecular flexibility index (Phi) is 16.4. The van der Waals surface area contributed by atoms with Gasteiger partial charge in [0, 0.05) is 37.4 Å². The Morgan fingerprint density at radius 1 is 0.554 bits per heavy atom. The fourth-order valence-electron chi connectivity index (χ4n) is 7.56. The van der Waals surface area contributed by atoms with Crippen molar-refractivity contribution in [3.05, 3.63) is 155 Å². The van der Waals surface area contributed by atoms with E-state index in [0.29, 0.717) is 0 Å². The summed E-state index contributed by atoms with van der Waals surface area (Å²) in [6, 6.07) is 50.8. The van der Waals surface area contributed by atoms with Crippen LogP contribution in [0.2, 0.25) is 0 Å². The number of benzene rings is 6. The van der Waals surface area contributed by atoms with Gasteiger partial charge in [0.15, 0.2) is 0 Å². The first kappa shape index (κ1) is 41.2. The van der Waals surface area contributed by atoms with E-state index >= 15 is 0 Å². The Morgan fingerprint density at radius 3 is 1.30 bits per heavy atom. The third-order valence-electron chi connectivity index (χ3n) is 10.2. The van der Waals surface area contributed by atoms with E-state index in [2.05, 4.69) is 203 Å². The molecule has 0 amide bonds. The van der Waals surface area contributed by atoms with Crippen LogP contribution in [-0.2, 0) is 12.8 Å². The normalized spacial score (nSPS) is 11.0. The fourth-order valence-corrected chi connectivity index (χ4v) is 7.92. The van der Waals surface area contributed by atoms with Gasteiger partial charge in [-0.3, -0.25) is 4.39 Å². The topological polar surface area (TPSA) is 22.2 Å². The molecule has 0 N–H and O–H groups in total. The quantitative estimate of drug-likeness (QED) is 0.0720. The summed E-state index contributed by atoms with van der Waals surface area (Å²) in [6.45, 7) is 4.53. The van der Waals surface area contributed by atoms with Crippen LogP contribution in [0.5, 0.6) is 0 Å². The third kappa shape index (κ3) is 10.5. The zero-order valence-electron chi connectivity index (χ0n) is 33.7. The van der Waals surface area contributed by atoms with Crippen LogP contribution in [-0.4, -0.2) is 23.9 Å². The van der Waals surface area contributed by atoms with E-state index < -0.39 is 7.15 Å². The van der Waals surface area contributed by atoms with Gasteiger partial charge >= 0.3 is 24.8 Å². The second-order valence-corrected chi connectivity index (χ2v) is 15.1. The number of hydrogen-bond donors (Lipinski definition) is 1. The molecule has 8 rings (SSSR count). The minimum atomic E-state index is -1.00. The zero-order valence-corrected chi connectivity index (χ0v) is 35.2. The predicted octanol–water partition coefficient (Wildman–Crippen LogP) is 15.3. The van der Waals surface area contributed by atoms with Gasteiger partial charge in [-0.2, -0.15) is 0 Å². The van der Waals surface area contributed by atoms with E-state index in [1.165, 1.54) is 130 Å². The Bertz CT molecular complexity index is 2390. The van der Waals surface area contributed by atoms with Crippen molar-refractivity contribution in [2.45, 2.75) is 78.1 Å². The fraction of sp³-hybridized carbons (Fsp3) is 0.265. The molecular formula is C49H53BBrFN3S. The maximum absolute atomic E-state index is 9.96. The van der Waals surface area contributed by atoms with Crippen molar-refractivity contribution in [3.8, 4) is 11.4 Å². The molecule has 2 heterocycles. The van der Waals surface area contributed by atoms with Crippen molar-refractivity contribution >= 4 is 80.0 Å². The molecule has 0 aliphatic carbocycles. The number of rotatable bonds is 12. The second kappa shape index (κ2) is 22.3. The molecular weight excluding hydrogens is 772 g/mol. The minimum absolute atomic E-state index is 1.00. The van der Waals surface area contributed by atoms with Crippen LogP contribution in [0.4, 0.5) is 4.39 Å². The maximum atomic E-state index is 9.96. The van der Waals surface area contributed by atoms with Crippen molar-refractivity contribution in [2.75, 3.05) is 7.15 Å². The number of thiol groups is 1. The molecule has 2 aromatic heterocycles. The van der Waals surface area contributed by atoms with Crippen molar-refractivity contribution < 1.29 is 5.76 Å². The molecule has 56 heavy (non-hydrogen) atoms.